The van der Waals surface area contributed by atoms with Gasteiger partial charge in [0.05, 0.1) is 36.4 Å². The SMILES string of the molecule is CCCCCN1C(=O)C(=O)/C(=C(/O)c2cc(Cl)cc(Cl)c2OC)C1c1cccc(OC)c1. The molecular weight excluding hydrogens is 453 g/mol. The Hall–Kier alpha value is -2.70. The molecule has 0 aromatic heterocycles. The number of likely N-dealkylation sites (tertiary alicyclic amines) is 1. The first-order valence-corrected chi connectivity index (χ1v) is 11.0. The Morgan fingerprint density at radius 1 is 1.09 bits per heavy atom. The Balaban J connectivity index is 2.23. The zero-order valence-electron chi connectivity index (χ0n) is 18.2. The van der Waals surface area contributed by atoms with Crippen molar-refractivity contribution >= 4 is 40.7 Å². The lowest BCUT2D eigenvalue weighted by Gasteiger charge is -2.25. The topological polar surface area (TPSA) is 76.1 Å². The van der Waals surface area contributed by atoms with E-state index in [1.54, 1.807) is 24.3 Å². The standard InChI is InChI=1S/C24H25Cl2NO5/c1-4-5-6-10-27-20(14-8-7-9-16(11-14)31-2)19(22(29)24(27)30)21(28)17-12-15(25)13-18(26)23(17)32-3/h7-9,11-13,20,28H,4-6,10H2,1-3H3/b21-19+. The van der Waals surface area contributed by atoms with Crippen LogP contribution in [0.5, 0.6) is 11.5 Å². The molecule has 1 saturated heterocycles. The Kier molecular flexibility index (Phi) is 7.69. The highest BCUT2D eigenvalue weighted by atomic mass is 35.5. The fraction of sp³-hybridized carbons (Fsp3) is 0.333. The quantitative estimate of drug-likeness (QED) is 0.231. The second-order valence-corrected chi connectivity index (χ2v) is 8.29. The highest BCUT2D eigenvalue weighted by Gasteiger charge is 2.46. The molecule has 8 heteroatoms. The molecule has 2 aromatic carbocycles. The van der Waals surface area contributed by atoms with Crippen LogP contribution in [0.25, 0.3) is 5.76 Å². The highest BCUT2D eigenvalue weighted by molar-refractivity contribution is 6.46. The number of hydrogen-bond donors (Lipinski definition) is 1. The van der Waals surface area contributed by atoms with Crippen LogP contribution in [0.2, 0.25) is 10.0 Å². The molecule has 1 atom stereocenters. The minimum Gasteiger partial charge on any atom is -0.507 e. The van der Waals surface area contributed by atoms with Crippen molar-refractivity contribution in [3.63, 3.8) is 0 Å². The summed E-state index contributed by atoms with van der Waals surface area (Å²) in [5.41, 5.74) is 0.745. The molecule has 0 spiro atoms. The number of rotatable bonds is 8. The number of nitrogens with zero attached hydrogens (tertiary/aromatic N) is 1. The van der Waals surface area contributed by atoms with Crippen molar-refractivity contribution in [3.05, 3.63) is 63.1 Å². The predicted molar refractivity (Wildman–Crippen MR) is 125 cm³/mol. The first-order valence-electron chi connectivity index (χ1n) is 10.3. The van der Waals surface area contributed by atoms with E-state index < -0.39 is 23.5 Å². The second kappa shape index (κ2) is 10.3. The van der Waals surface area contributed by atoms with Crippen molar-refractivity contribution in [3.8, 4) is 11.5 Å². The molecule has 0 saturated carbocycles. The molecule has 0 radical (unpaired) electrons. The number of aliphatic hydroxyl groups excluding tert-OH is 1. The van der Waals surface area contributed by atoms with Gasteiger partial charge >= 0.3 is 0 Å². The van der Waals surface area contributed by atoms with Gasteiger partial charge in [-0.3, -0.25) is 9.59 Å². The zero-order valence-corrected chi connectivity index (χ0v) is 19.7. The van der Waals surface area contributed by atoms with E-state index in [0.717, 1.165) is 19.3 Å². The average molecular weight is 478 g/mol. The summed E-state index contributed by atoms with van der Waals surface area (Å²) in [6, 6.07) is 9.23. The van der Waals surface area contributed by atoms with Gasteiger partial charge in [-0.25, -0.2) is 0 Å². The fourth-order valence-electron chi connectivity index (χ4n) is 3.89. The fourth-order valence-corrected chi connectivity index (χ4v) is 4.46. The number of ketones is 1. The lowest BCUT2D eigenvalue weighted by molar-refractivity contribution is -0.139. The number of carbonyl (C=O) groups is 2. The Labute approximate surface area is 197 Å². The second-order valence-electron chi connectivity index (χ2n) is 7.44. The number of amides is 1. The number of benzene rings is 2. The van der Waals surface area contributed by atoms with Crippen LogP contribution >= 0.6 is 23.2 Å². The maximum Gasteiger partial charge on any atom is 0.295 e. The van der Waals surface area contributed by atoms with Gasteiger partial charge in [0, 0.05) is 11.6 Å². The molecule has 3 rings (SSSR count). The summed E-state index contributed by atoms with van der Waals surface area (Å²) in [5, 5.41) is 11.7. The van der Waals surface area contributed by atoms with Gasteiger partial charge in [-0.2, -0.15) is 0 Å². The summed E-state index contributed by atoms with van der Waals surface area (Å²) in [6.07, 6.45) is 2.61. The number of unbranched alkanes of at least 4 members (excludes halogenated alkanes) is 2. The third kappa shape index (κ3) is 4.57. The zero-order chi connectivity index (χ0) is 23.4. The average Bonchev–Trinajstić information content (AvgIpc) is 3.03. The van der Waals surface area contributed by atoms with Crippen LogP contribution in [0.15, 0.2) is 42.0 Å². The van der Waals surface area contributed by atoms with Gasteiger partial charge in [-0.1, -0.05) is 55.1 Å². The molecular formula is C24H25Cl2NO5. The van der Waals surface area contributed by atoms with Crippen LogP contribution in [0, 0.1) is 0 Å². The normalized spacial score (nSPS) is 17.7. The van der Waals surface area contributed by atoms with Crippen molar-refractivity contribution in [2.75, 3.05) is 20.8 Å². The summed E-state index contributed by atoms with van der Waals surface area (Å²) in [6.45, 7) is 2.44. The van der Waals surface area contributed by atoms with E-state index in [1.807, 2.05) is 0 Å². The smallest absolute Gasteiger partial charge is 0.295 e. The Morgan fingerprint density at radius 2 is 1.84 bits per heavy atom. The lowest BCUT2D eigenvalue weighted by Crippen LogP contribution is -2.30. The third-order valence-corrected chi connectivity index (χ3v) is 5.92. The Morgan fingerprint density at radius 3 is 2.50 bits per heavy atom. The van der Waals surface area contributed by atoms with Crippen LogP contribution in [0.4, 0.5) is 0 Å². The van der Waals surface area contributed by atoms with Crippen LogP contribution in [-0.4, -0.2) is 42.5 Å². The minimum atomic E-state index is -0.788. The number of halogens is 2. The predicted octanol–water partition coefficient (Wildman–Crippen LogP) is 5.62. The molecule has 0 bridgehead atoms. The van der Waals surface area contributed by atoms with Gasteiger partial charge in [0.15, 0.2) is 0 Å². The maximum absolute atomic E-state index is 13.1. The summed E-state index contributed by atoms with van der Waals surface area (Å²) in [4.78, 5) is 27.6. The van der Waals surface area contributed by atoms with Crippen molar-refractivity contribution in [1.82, 2.24) is 4.90 Å². The van der Waals surface area contributed by atoms with Crippen molar-refractivity contribution in [2.45, 2.75) is 32.2 Å². The molecule has 32 heavy (non-hydrogen) atoms. The lowest BCUT2D eigenvalue weighted by atomic mass is 9.94. The number of Topliss-reactive ketones (excluding diaryl/α,β-unsaturated/α-hetero) is 1. The molecule has 1 N–H and O–H groups in total. The Bertz CT molecular complexity index is 1070. The molecule has 1 heterocycles. The molecule has 1 aliphatic heterocycles. The molecule has 1 aliphatic rings. The molecule has 0 aliphatic carbocycles. The first-order chi connectivity index (χ1) is 15.3. The van der Waals surface area contributed by atoms with E-state index in [2.05, 4.69) is 6.92 Å². The van der Waals surface area contributed by atoms with Crippen LogP contribution in [0.3, 0.4) is 0 Å². The summed E-state index contributed by atoms with van der Waals surface area (Å²) < 4.78 is 10.7. The van der Waals surface area contributed by atoms with Gasteiger partial charge in [-0.15, -0.1) is 0 Å². The van der Waals surface area contributed by atoms with Crippen molar-refractivity contribution in [1.29, 1.82) is 0 Å². The summed E-state index contributed by atoms with van der Waals surface area (Å²) >= 11 is 12.4. The molecule has 1 amide bonds. The number of hydrogen-bond acceptors (Lipinski definition) is 5. The molecule has 1 unspecified atom stereocenters. The van der Waals surface area contributed by atoms with Crippen LogP contribution in [0.1, 0.15) is 43.4 Å². The summed E-state index contributed by atoms with van der Waals surface area (Å²) in [7, 11) is 2.94. The first kappa shape index (κ1) is 24.0. The molecule has 6 nitrogen and oxygen atoms in total. The third-order valence-electron chi connectivity index (χ3n) is 5.42. The van der Waals surface area contributed by atoms with Gasteiger partial charge in [0.2, 0.25) is 0 Å². The van der Waals surface area contributed by atoms with E-state index in [9.17, 15) is 14.7 Å². The number of aliphatic hydroxyl groups is 1. The maximum atomic E-state index is 13.1. The van der Waals surface area contributed by atoms with E-state index in [-0.39, 0.29) is 26.9 Å². The van der Waals surface area contributed by atoms with E-state index in [1.165, 1.54) is 31.3 Å². The minimum absolute atomic E-state index is 0.0450. The van der Waals surface area contributed by atoms with Crippen LogP contribution < -0.4 is 9.47 Å². The van der Waals surface area contributed by atoms with E-state index in [0.29, 0.717) is 17.9 Å². The van der Waals surface area contributed by atoms with Gasteiger partial charge in [0.1, 0.15) is 17.3 Å². The molecule has 170 valence electrons. The molecule has 1 fully saturated rings. The number of ether oxygens (including phenoxy) is 2. The van der Waals surface area contributed by atoms with E-state index >= 15 is 0 Å². The van der Waals surface area contributed by atoms with Crippen molar-refractivity contribution < 1.29 is 24.2 Å². The van der Waals surface area contributed by atoms with Gasteiger partial charge in [0.25, 0.3) is 11.7 Å². The monoisotopic (exact) mass is 477 g/mol. The highest BCUT2D eigenvalue weighted by Crippen LogP contribution is 2.43. The van der Waals surface area contributed by atoms with Crippen molar-refractivity contribution in [2.24, 2.45) is 0 Å². The summed E-state index contributed by atoms with van der Waals surface area (Å²) in [5.74, 6) is -1.09. The molecule has 2 aromatic rings. The van der Waals surface area contributed by atoms with E-state index in [4.69, 9.17) is 32.7 Å². The largest absolute Gasteiger partial charge is 0.507 e. The number of carbonyl (C=O) groups excluding carboxylic acids is 2. The number of methoxy groups -OCH3 is 2. The van der Waals surface area contributed by atoms with Gasteiger partial charge < -0.3 is 19.5 Å². The van der Waals surface area contributed by atoms with Gasteiger partial charge in [-0.05, 0) is 36.2 Å². The van der Waals surface area contributed by atoms with Crippen LogP contribution in [-0.2, 0) is 9.59 Å².